The molecule has 2 aliphatic rings. The summed E-state index contributed by atoms with van der Waals surface area (Å²) in [6.45, 7) is 4.92. The van der Waals surface area contributed by atoms with Crippen LogP contribution < -0.4 is 15.4 Å². The number of nitrogens with zero attached hydrogens (tertiary/aromatic N) is 2. The van der Waals surface area contributed by atoms with Gasteiger partial charge >= 0.3 is 0 Å². The highest BCUT2D eigenvalue weighted by Gasteiger charge is 2.36. The zero-order chi connectivity index (χ0) is 20.5. The fourth-order valence-electron chi connectivity index (χ4n) is 4.56. The molecule has 1 heterocycles. The van der Waals surface area contributed by atoms with Gasteiger partial charge in [0.15, 0.2) is 5.96 Å². The molecule has 0 radical (unpaired) electrons. The summed E-state index contributed by atoms with van der Waals surface area (Å²) < 4.78 is 10.8. The molecule has 1 saturated heterocycles. The minimum absolute atomic E-state index is 0.317. The highest BCUT2D eigenvalue weighted by molar-refractivity contribution is 5.79. The van der Waals surface area contributed by atoms with Crippen molar-refractivity contribution in [1.82, 2.24) is 15.5 Å². The molecular weight excluding hydrogens is 364 g/mol. The molecule has 1 saturated carbocycles. The van der Waals surface area contributed by atoms with E-state index in [0.29, 0.717) is 11.5 Å². The van der Waals surface area contributed by atoms with Crippen LogP contribution in [-0.2, 0) is 4.74 Å². The Morgan fingerprint density at radius 3 is 2.59 bits per heavy atom. The first kappa shape index (κ1) is 21.9. The van der Waals surface area contributed by atoms with Crippen molar-refractivity contribution in [1.29, 1.82) is 0 Å². The predicted octanol–water partition coefficient (Wildman–Crippen LogP) is 3.20. The van der Waals surface area contributed by atoms with E-state index < -0.39 is 0 Å². The van der Waals surface area contributed by atoms with Crippen LogP contribution >= 0.6 is 0 Å². The van der Waals surface area contributed by atoms with Gasteiger partial charge in [-0.1, -0.05) is 18.6 Å². The lowest BCUT2D eigenvalue weighted by Gasteiger charge is -2.42. The van der Waals surface area contributed by atoms with E-state index in [4.69, 9.17) is 9.47 Å². The van der Waals surface area contributed by atoms with Gasteiger partial charge in [-0.05, 0) is 68.3 Å². The third-order valence-electron chi connectivity index (χ3n) is 6.63. The molecule has 1 aromatic carbocycles. The second-order valence-electron chi connectivity index (χ2n) is 8.44. The van der Waals surface area contributed by atoms with E-state index >= 15 is 0 Å². The van der Waals surface area contributed by atoms with Gasteiger partial charge in [-0.15, -0.1) is 0 Å². The van der Waals surface area contributed by atoms with Gasteiger partial charge in [0, 0.05) is 33.9 Å². The number of benzene rings is 1. The third kappa shape index (κ3) is 5.86. The second-order valence-corrected chi connectivity index (χ2v) is 8.44. The molecule has 0 bridgehead atoms. The van der Waals surface area contributed by atoms with E-state index in [1.165, 1.54) is 37.7 Å². The largest absolute Gasteiger partial charge is 0.497 e. The Balaban J connectivity index is 1.59. The highest BCUT2D eigenvalue weighted by Crippen LogP contribution is 2.43. The first-order chi connectivity index (χ1) is 14.2. The van der Waals surface area contributed by atoms with Gasteiger partial charge < -0.3 is 20.1 Å². The summed E-state index contributed by atoms with van der Waals surface area (Å²) in [7, 11) is 5.37. The van der Waals surface area contributed by atoms with Gasteiger partial charge in [-0.25, -0.2) is 0 Å². The first-order valence-corrected chi connectivity index (χ1v) is 11.0. The van der Waals surface area contributed by atoms with Crippen molar-refractivity contribution in [3.8, 4) is 5.75 Å². The van der Waals surface area contributed by atoms with Gasteiger partial charge in [0.2, 0.25) is 0 Å². The number of guanidine groups is 1. The van der Waals surface area contributed by atoms with Crippen LogP contribution in [0.25, 0.3) is 0 Å². The maximum Gasteiger partial charge on any atom is 0.191 e. The van der Waals surface area contributed by atoms with Crippen LogP contribution in [0.2, 0.25) is 0 Å². The minimum atomic E-state index is 0.317. The molecule has 0 aromatic heterocycles. The monoisotopic (exact) mass is 402 g/mol. The van der Waals surface area contributed by atoms with Crippen molar-refractivity contribution in [2.45, 2.75) is 44.6 Å². The van der Waals surface area contributed by atoms with Crippen LogP contribution in [0.4, 0.5) is 0 Å². The maximum absolute atomic E-state index is 5.46. The molecule has 0 spiro atoms. The number of aliphatic imine (C=N–C) groups is 1. The highest BCUT2D eigenvalue weighted by atomic mass is 16.5. The summed E-state index contributed by atoms with van der Waals surface area (Å²) in [5, 5.41) is 7.17. The zero-order valence-electron chi connectivity index (χ0n) is 18.4. The van der Waals surface area contributed by atoms with Crippen LogP contribution in [0.3, 0.4) is 0 Å². The van der Waals surface area contributed by atoms with Crippen molar-refractivity contribution in [2.75, 3.05) is 54.1 Å². The van der Waals surface area contributed by atoms with Gasteiger partial charge in [-0.3, -0.25) is 9.89 Å². The fourth-order valence-corrected chi connectivity index (χ4v) is 4.56. The summed E-state index contributed by atoms with van der Waals surface area (Å²) >= 11 is 0. The lowest BCUT2D eigenvalue weighted by molar-refractivity contribution is 0.0732. The van der Waals surface area contributed by atoms with Gasteiger partial charge in [0.05, 0.1) is 13.2 Å². The average Bonchev–Trinajstić information content (AvgIpc) is 3.26. The number of nitrogens with one attached hydrogen (secondary N) is 2. The van der Waals surface area contributed by atoms with Crippen LogP contribution in [0.5, 0.6) is 5.75 Å². The maximum atomic E-state index is 5.46. The standard InChI is InChI=1S/C23H38N4O2/c1-24-22(26-18-23(10-7-11-23)12-15-28-2)25-17-21(27-13-4-5-14-27)19-8-6-9-20(16-19)29-3/h6,8-9,16,21H,4-5,7,10-15,17-18H2,1-3H3,(H2,24,25,26). The van der Waals surface area contributed by atoms with E-state index in [2.05, 4.69) is 38.7 Å². The Bertz CT molecular complexity index is 654. The normalized spacial score (nSPS) is 20.2. The number of hydrogen-bond donors (Lipinski definition) is 2. The smallest absolute Gasteiger partial charge is 0.191 e. The van der Waals surface area contributed by atoms with Gasteiger partial charge in [0.1, 0.15) is 5.75 Å². The number of methoxy groups -OCH3 is 2. The fraction of sp³-hybridized carbons (Fsp3) is 0.696. The molecule has 1 aliphatic heterocycles. The zero-order valence-corrected chi connectivity index (χ0v) is 18.4. The summed E-state index contributed by atoms with van der Waals surface area (Å²) in [5.74, 6) is 1.81. The summed E-state index contributed by atoms with van der Waals surface area (Å²) in [5.41, 5.74) is 1.67. The number of hydrogen-bond acceptors (Lipinski definition) is 4. The second kappa shape index (κ2) is 10.8. The molecule has 6 heteroatoms. The minimum Gasteiger partial charge on any atom is -0.497 e. The third-order valence-corrected chi connectivity index (χ3v) is 6.63. The van der Waals surface area contributed by atoms with Crippen molar-refractivity contribution >= 4 is 5.96 Å². The molecule has 29 heavy (non-hydrogen) atoms. The van der Waals surface area contributed by atoms with Crippen molar-refractivity contribution in [2.24, 2.45) is 10.4 Å². The molecule has 1 aliphatic carbocycles. The Labute approximate surface area is 176 Å². The topological polar surface area (TPSA) is 58.1 Å². The molecule has 0 amide bonds. The number of rotatable bonds is 10. The number of likely N-dealkylation sites (tertiary alicyclic amines) is 1. The lowest BCUT2D eigenvalue weighted by atomic mass is 9.67. The first-order valence-electron chi connectivity index (χ1n) is 11.0. The molecule has 6 nitrogen and oxygen atoms in total. The van der Waals surface area contributed by atoms with E-state index in [1.54, 1.807) is 14.2 Å². The molecule has 3 rings (SSSR count). The average molecular weight is 403 g/mol. The molecule has 1 aromatic rings. The summed E-state index contributed by atoms with van der Waals surface area (Å²) in [4.78, 5) is 7.05. The molecule has 2 fully saturated rings. The van der Waals surface area contributed by atoms with Crippen molar-refractivity contribution in [3.05, 3.63) is 29.8 Å². The van der Waals surface area contributed by atoms with Crippen LogP contribution in [-0.4, -0.2) is 64.9 Å². The summed E-state index contributed by atoms with van der Waals surface area (Å²) in [6, 6.07) is 8.78. The Hall–Kier alpha value is -1.79. The SMILES string of the molecule is CN=C(NCC(c1cccc(OC)c1)N1CCCC1)NCC1(CCOC)CCC1. The Morgan fingerprint density at radius 1 is 1.17 bits per heavy atom. The van der Waals surface area contributed by atoms with Crippen molar-refractivity contribution < 1.29 is 9.47 Å². The van der Waals surface area contributed by atoms with E-state index in [0.717, 1.165) is 50.9 Å². The molecular formula is C23H38N4O2. The number of ether oxygens (including phenoxy) is 2. The Morgan fingerprint density at radius 2 is 1.97 bits per heavy atom. The van der Waals surface area contributed by atoms with Crippen LogP contribution in [0.1, 0.15) is 50.1 Å². The van der Waals surface area contributed by atoms with Crippen LogP contribution in [0.15, 0.2) is 29.3 Å². The molecule has 2 N–H and O–H groups in total. The van der Waals surface area contributed by atoms with E-state index in [-0.39, 0.29) is 0 Å². The predicted molar refractivity (Wildman–Crippen MR) is 119 cm³/mol. The van der Waals surface area contributed by atoms with Crippen LogP contribution in [0, 0.1) is 5.41 Å². The van der Waals surface area contributed by atoms with E-state index in [9.17, 15) is 0 Å². The quantitative estimate of drug-likeness (QED) is 0.465. The molecule has 1 unspecified atom stereocenters. The van der Waals surface area contributed by atoms with Gasteiger partial charge in [0.25, 0.3) is 0 Å². The van der Waals surface area contributed by atoms with Crippen molar-refractivity contribution in [3.63, 3.8) is 0 Å². The molecule has 1 atom stereocenters. The Kier molecular flexibility index (Phi) is 8.19. The molecule has 162 valence electrons. The van der Waals surface area contributed by atoms with Gasteiger partial charge in [-0.2, -0.15) is 0 Å². The lowest BCUT2D eigenvalue weighted by Crippen LogP contribution is -2.48. The summed E-state index contributed by atoms with van der Waals surface area (Å²) in [6.07, 6.45) is 7.55. The van der Waals surface area contributed by atoms with E-state index in [1.807, 2.05) is 13.1 Å².